The number of ether oxygens (including phenoxy) is 4. The minimum absolute atomic E-state index is 0.108. The van der Waals surface area contributed by atoms with Gasteiger partial charge in [0.2, 0.25) is 0 Å². The number of amides is 4. The lowest BCUT2D eigenvalue weighted by Crippen LogP contribution is -2.41. The lowest BCUT2D eigenvalue weighted by molar-refractivity contribution is 0.0196. The number of para-hydroxylation sites is 1. The van der Waals surface area contributed by atoms with Crippen LogP contribution < -0.4 is 26.0 Å². The zero-order valence-electron chi connectivity index (χ0n) is 32.5. The van der Waals surface area contributed by atoms with E-state index in [0.29, 0.717) is 95.5 Å². The molecule has 0 radical (unpaired) electrons. The van der Waals surface area contributed by atoms with Gasteiger partial charge in [0, 0.05) is 83.7 Å². The summed E-state index contributed by atoms with van der Waals surface area (Å²) in [5.74, 6) is -1.27. The number of aliphatic hydroxyl groups excluding tert-OH is 1. The molecule has 0 aliphatic carbocycles. The van der Waals surface area contributed by atoms with Crippen molar-refractivity contribution in [1.82, 2.24) is 31.1 Å². The largest absolute Gasteiger partial charge is 0.487 e. The van der Waals surface area contributed by atoms with Crippen molar-refractivity contribution in [1.29, 1.82) is 0 Å². The number of β-amino-alcohol motifs (C(OH)–C–C–N with tert-alkyl or cyclic N) is 1. The van der Waals surface area contributed by atoms with Crippen LogP contribution in [-0.4, -0.2) is 151 Å². The SMILES string of the molecule is COCCOCCOCCN1CCNC(=O)c2cccc(c2C)C(=O)NCCN(CCO)CCNC(=O)c2cccc(c2OCc2ccccc2)C(=O)NCC1. The van der Waals surface area contributed by atoms with Crippen molar-refractivity contribution in [2.45, 2.75) is 13.5 Å². The fourth-order valence-electron chi connectivity index (χ4n) is 6.07. The number of nitrogens with zero attached hydrogens (tertiary/aromatic N) is 2. The molecule has 4 rings (SSSR count). The van der Waals surface area contributed by atoms with Crippen LogP contribution >= 0.6 is 0 Å². The number of carbonyl (C=O) groups excluding carboxylic acids is 4. The van der Waals surface area contributed by atoms with Gasteiger partial charge in [-0.05, 0) is 42.3 Å². The van der Waals surface area contributed by atoms with Gasteiger partial charge in [-0.3, -0.25) is 29.0 Å². The number of fused-ring (bicyclic) bond motifs is 4. The first-order valence-electron chi connectivity index (χ1n) is 19.0. The fraction of sp³-hybridized carbons (Fsp3) is 0.463. The zero-order chi connectivity index (χ0) is 40.0. The van der Waals surface area contributed by atoms with E-state index in [1.165, 1.54) is 0 Å². The molecule has 304 valence electrons. The summed E-state index contributed by atoms with van der Waals surface area (Å²) >= 11 is 0. The van der Waals surface area contributed by atoms with Crippen LogP contribution in [0.1, 0.15) is 52.6 Å². The molecule has 5 N–H and O–H groups in total. The Morgan fingerprint density at radius 2 is 1.02 bits per heavy atom. The maximum Gasteiger partial charge on any atom is 0.255 e. The second-order valence-electron chi connectivity index (χ2n) is 13.1. The second-order valence-corrected chi connectivity index (χ2v) is 13.1. The van der Waals surface area contributed by atoms with Gasteiger partial charge in [0.25, 0.3) is 23.6 Å². The van der Waals surface area contributed by atoms with Crippen LogP contribution in [0.5, 0.6) is 5.75 Å². The van der Waals surface area contributed by atoms with Crippen molar-refractivity contribution < 1.29 is 43.2 Å². The van der Waals surface area contributed by atoms with Crippen molar-refractivity contribution >= 4 is 23.6 Å². The van der Waals surface area contributed by atoms with E-state index in [-0.39, 0.29) is 61.5 Å². The summed E-state index contributed by atoms with van der Waals surface area (Å²) in [6.07, 6.45) is 0. The molecule has 4 bridgehead atoms. The lowest BCUT2D eigenvalue weighted by Gasteiger charge is -2.23. The molecule has 0 saturated carbocycles. The van der Waals surface area contributed by atoms with Gasteiger partial charge < -0.3 is 45.3 Å². The summed E-state index contributed by atoms with van der Waals surface area (Å²) < 4.78 is 22.5. The van der Waals surface area contributed by atoms with Crippen LogP contribution in [0, 0.1) is 6.92 Å². The Morgan fingerprint density at radius 1 is 0.571 bits per heavy atom. The number of aliphatic hydroxyl groups is 1. The molecule has 0 spiro atoms. The van der Waals surface area contributed by atoms with Crippen LogP contribution in [0.4, 0.5) is 0 Å². The van der Waals surface area contributed by atoms with Gasteiger partial charge in [-0.15, -0.1) is 0 Å². The van der Waals surface area contributed by atoms with Crippen molar-refractivity contribution in [2.24, 2.45) is 0 Å². The number of hydrogen-bond donors (Lipinski definition) is 5. The Bertz CT molecular complexity index is 1690. The minimum Gasteiger partial charge on any atom is -0.487 e. The van der Waals surface area contributed by atoms with Gasteiger partial charge in [-0.25, -0.2) is 0 Å². The summed E-state index contributed by atoms with van der Waals surface area (Å²) in [4.78, 5) is 57.9. The van der Waals surface area contributed by atoms with Crippen LogP contribution in [-0.2, 0) is 20.8 Å². The van der Waals surface area contributed by atoms with Gasteiger partial charge in [0.15, 0.2) is 0 Å². The number of nitrogens with one attached hydrogen (secondary N) is 4. The predicted octanol–water partition coefficient (Wildman–Crippen LogP) is 1.48. The van der Waals surface area contributed by atoms with Gasteiger partial charge in [-0.2, -0.15) is 0 Å². The number of carbonyl (C=O) groups is 4. The zero-order valence-corrected chi connectivity index (χ0v) is 32.5. The summed E-state index contributed by atoms with van der Waals surface area (Å²) in [6.45, 7) is 7.63. The molecule has 4 amide bonds. The van der Waals surface area contributed by atoms with Crippen molar-refractivity contribution in [3.05, 3.63) is 100 Å². The quantitative estimate of drug-likeness (QED) is 0.150. The standard InChI is InChI=1S/C41H56N6O9/c1-31-33-10-6-11-34(31)39(50)43-16-20-47(23-25-54-28-29-55-27-26-53-2)21-17-45-41(52)36-13-7-12-35(37(36)56-30-32-8-4-3-5-9-32)40(51)44-15-19-46(22-24-48)18-14-42-38(33)49/h3-13,48H,14-30H2,1-2H3,(H,42,49)(H,43,50)(H,44,51)(H,45,52). The third kappa shape index (κ3) is 14.3. The van der Waals surface area contributed by atoms with Crippen LogP contribution in [0.2, 0.25) is 0 Å². The molecule has 0 fully saturated rings. The fourth-order valence-corrected chi connectivity index (χ4v) is 6.07. The molecule has 0 unspecified atom stereocenters. The molecule has 3 aromatic rings. The molecule has 0 saturated heterocycles. The highest BCUT2D eigenvalue weighted by Crippen LogP contribution is 2.26. The first-order valence-corrected chi connectivity index (χ1v) is 19.0. The maximum atomic E-state index is 13.7. The Balaban J connectivity index is 1.54. The molecular weight excluding hydrogens is 720 g/mol. The highest BCUT2D eigenvalue weighted by Gasteiger charge is 2.22. The summed E-state index contributed by atoms with van der Waals surface area (Å²) in [7, 11) is 1.61. The highest BCUT2D eigenvalue weighted by molar-refractivity contribution is 6.04. The minimum atomic E-state index is -0.415. The van der Waals surface area contributed by atoms with E-state index in [2.05, 4.69) is 26.2 Å². The van der Waals surface area contributed by atoms with E-state index >= 15 is 0 Å². The second kappa shape index (κ2) is 24.6. The molecular formula is C41H56N6O9. The Kier molecular flexibility index (Phi) is 19.2. The summed E-state index contributed by atoms with van der Waals surface area (Å²) in [5.41, 5.74) is 2.64. The maximum absolute atomic E-state index is 13.7. The van der Waals surface area contributed by atoms with E-state index in [4.69, 9.17) is 18.9 Å². The van der Waals surface area contributed by atoms with Crippen molar-refractivity contribution in [3.63, 3.8) is 0 Å². The third-order valence-corrected chi connectivity index (χ3v) is 9.18. The van der Waals surface area contributed by atoms with Crippen LogP contribution in [0.25, 0.3) is 0 Å². The van der Waals surface area contributed by atoms with Gasteiger partial charge >= 0.3 is 0 Å². The lowest BCUT2D eigenvalue weighted by atomic mass is 10.0. The molecule has 15 nitrogen and oxygen atoms in total. The van der Waals surface area contributed by atoms with Crippen molar-refractivity contribution in [3.8, 4) is 5.75 Å². The molecule has 15 heteroatoms. The van der Waals surface area contributed by atoms with E-state index < -0.39 is 11.8 Å². The van der Waals surface area contributed by atoms with Crippen LogP contribution in [0.15, 0.2) is 66.7 Å². The smallest absolute Gasteiger partial charge is 0.255 e. The van der Waals surface area contributed by atoms with Gasteiger partial charge in [0.1, 0.15) is 12.4 Å². The van der Waals surface area contributed by atoms with E-state index in [9.17, 15) is 24.3 Å². The third-order valence-electron chi connectivity index (χ3n) is 9.18. The number of rotatable bonds is 14. The molecule has 1 aliphatic rings. The first-order chi connectivity index (χ1) is 27.3. The van der Waals surface area contributed by atoms with E-state index in [0.717, 1.165) is 5.56 Å². The van der Waals surface area contributed by atoms with E-state index in [1.54, 1.807) is 50.4 Å². The number of benzene rings is 3. The monoisotopic (exact) mass is 776 g/mol. The molecule has 3 aromatic carbocycles. The number of methoxy groups -OCH3 is 1. The Labute approximate surface area is 329 Å². The molecule has 0 aromatic heterocycles. The van der Waals surface area contributed by atoms with E-state index in [1.807, 2.05) is 35.2 Å². The average Bonchev–Trinajstić information content (AvgIpc) is 3.20. The van der Waals surface area contributed by atoms with Gasteiger partial charge in [-0.1, -0.05) is 42.5 Å². The average molecular weight is 777 g/mol. The van der Waals surface area contributed by atoms with Gasteiger partial charge in [0.05, 0.1) is 50.8 Å². The first kappa shape index (κ1) is 43.8. The number of hydrogen-bond acceptors (Lipinski definition) is 11. The Morgan fingerprint density at radius 3 is 1.52 bits per heavy atom. The van der Waals surface area contributed by atoms with Crippen molar-refractivity contribution in [2.75, 3.05) is 112 Å². The summed E-state index contributed by atoms with van der Waals surface area (Å²) in [6, 6.07) is 19.4. The topological polar surface area (TPSA) is 180 Å². The molecule has 0 atom stereocenters. The highest BCUT2D eigenvalue weighted by atomic mass is 16.5. The predicted molar refractivity (Wildman–Crippen MR) is 211 cm³/mol. The Hall–Kier alpha value is -4.90. The summed E-state index contributed by atoms with van der Waals surface area (Å²) in [5, 5.41) is 21.5. The molecule has 1 heterocycles. The molecule has 1 aliphatic heterocycles. The molecule has 56 heavy (non-hydrogen) atoms. The normalized spacial score (nSPS) is 15.9. The van der Waals surface area contributed by atoms with Crippen LogP contribution in [0.3, 0.4) is 0 Å².